The average Bonchev–Trinajstić information content (AvgIpc) is 2.95. The molecule has 3 N–H and O–H groups in total. The fourth-order valence-corrected chi connectivity index (χ4v) is 1.70. The van der Waals surface area contributed by atoms with E-state index >= 15 is 0 Å². The minimum Gasteiger partial charge on any atom is -0.386 e. The van der Waals surface area contributed by atoms with E-state index in [1.807, 2.05) is 0 Å². The van der Waals surface area contributed by atoms with Crippen molar-refractivity contribution in [1.82, 2.24) is 10.3 Å². The molecule has 0 aliphatic carbocycles. The molecule has 2 rings (SSSR count). The molecule has 2 heterocycles. The van der Waals surface area contributed by atoms with Gasteiger partial charge in [-0.15, -0.1) is 0 Å². The first kappa shape index (κ1) is 12.5. The molecule has 1 aliphatic rings. The van der Waals surface area contributed by atoms with Crippen LogP contribution in [-0.2, 0) is 4.74 Å². The third-order valence-electron chi connectivity index (χ3n) is 2.77. The van der Waals surface area contributed by atoms with E-state index in [2.05, 4.69) is 10.3 Å². The molecule has 8 heteroatoms. The molecule has 0 bridgehead atoms. The lowest BCUT2D eigenvalue weighted by molar-refractivity contribution is -0.389. The second kappa shape index (κ2) is 4.75. The van der Waals surface area contributed by atoms with Crippen LogP contribution >= 0.6 is 0 Å². The number of nitrogens with zero attached hydrogens (tertiary/aromatic N) is 1. The third kappa shape index (κ3) is 2.66. The van der Waals surface area contributed by atoms with Gasteiger partial charge in [-0.05, 0) is 11.0 Å². The van der Waals surface area contributed by atoms with E-state index in [-0.39, 0.29) is 24.7 Å². The normalized spacial score (nSPS) is 22.9. The predicted molar refractivity (Wildman–Crippen MR) is 60.2 cm³/mol. The second-order valence-electron chi connectivity index (χ2n) is 4.22. The van der Waals surface area contributed by atoms with E-state index in [4.69, 9.17) is 4.74 Å². The van der Waals surface area contributed by atoms with Crippen molar-refractivity contribution in [3.8, 4) is 0 Å². The SMILES string of the molecule is O=C(NCC1(O)CCOC1)c1ccc([N+](=O)[O-])[nH]1. The highest BCUT2D eigenvalue weighted by Gasteiger charge is 2.33. The highest BCUT2D eigenvalue weighted by Crippen LogP contribution is 2.17. The van der Waals surface area contributed by atoms with Gasteiger partial charge in [0.25, 0.3) is 5.91 Å². The summed E-state index contributed by atoms with van der Waals surface area (Å²) in [5.74, 6) is -0.744. The van der Waals surface area contributed by atoms with Gasteiger partial charge in [0.1, 0.15) is 5.60 Å². The summed E-state index contributed by atoms with van der Waals surface area (Å²) in [6, 6.07) is 2.53. The van der Waals surface area contributed by atoms with Gasteiger partial charge in [0.15, 0.2) is 5.69 Å². The van der Waals surface area contributed by atoms with Gasteiger partial charge in [0.2, 0.25) is 0 Å². The summed E-state index contributed by atoms with van der Waals surface area (Å²) in [7, 11) is 0. The van der Waals surface area contributed by atoms with E-state index in [0.29, 0.717) is 13.0 Å². The zero-order valence-electron chi connectivity index (χ0n) is 9.51. The molecule has 1 unspecified atom stereocenters. The fraction of sp³-hybridized carbons (Fsp3) is 0.500. The standard InChI is InChI=1S/C10H13N3O5/c14-9(7-1-2-8(12-7)13(16)17)11-5-10(15)3-4-18-6-10/h1-2,12,15H,3-6H2,(H,11,14). The Hall–Kier alpha value is -1.93. The van der Waals surface area contributed by atoms with Gasteiger partial charge in [0, 0.05) is 25.6 Å². The second-order valence-corrected chi connectivity index (χ2v) is 4.22. The number of amides is 1. The van der Waals surface area contributed by atoms with Crippen molar-refractivity contribution in [3.63, 3.8) is 0 Å². The zero-order chi connectivity index (χ0) is 13.2. The van der Waals surface area contributed by atoms with Crippen molar-refractivity contribution in [1.29, 1.82) is 0 Å². The number of H-pyrrole nitrogens is 1. The smallest absolute Gasteiger partial charge is 0.321 e. The molecule has 18 heavy (non-hydrogen) atoms. The van der Waals surface area contributed by atoms with E-state index in [9.17, 15) is 20.0 Å². The van der Waals surface area contributed by atoms with Crippen molar-refractivity contribution < 1.29 is 19.6 Å². The molecule has 0 aromatic carbocycles. The van der Waals surface area contributed by atoms with Crippen molar-refractivity contribution in [3.05, 3.63) is 27.9 Å². The number of aliphatic hydroxyl groups is 1. The van der Waals surface area contributed by atoms with Crippen LogP contribution in [0.25, 0.3) is 0 Å². The summed E-state index contributed by atoms with van der Waals surface area (Å²) in [5.41, 5.74) is -0.960. The number of hydrogen-bond donors (Lipinski definition) is 3. The van der Waals surface area contributed by atoms with Crippen LogP contribution in [0.1, 0.15) is 16.9 Å². The molecule has 1 amide bonds. The zero-order valence-corrected chi connectivity index (χ0v) is 9.51. The van der Waals surface area contributed by atoms with E-state index in [1.165, 1.54) is 12.1 Å². The van der Waals surface area contributed by atoms with Gasteiger partial charge in [0.05, 0.1) is 6.61 Å². The Kier molecular flexibility index (Phi) is 3.30. The number of rotatable bonds is 4. The topological polar surface area (TPSA) is 117 Å². The molecule has 0 saturated carbocycles. The Morgan fingerprint density at radius 2 is 2.44 bits per heavy atom. The molecule has 1 fully saturated rings. The number of carbonyl (C=O) groups is 1. The Balaban J connectivity index is 1.93. The highest BCUT2D eigenvalue weighted by atomic mass is 16.6. The quantitative estimate of drug-likeness (QED) is 0.509. The Labute approximate surface area is 102 Å². The van der Waals surface area contributed by atoms with Crippen LogP contribution < -0.4 is 5.32 Å². The van der Waals surface area contributed by atoms with Crippen molar-refractivity contribution in [2.24, 2.45) is 0 Å². The Morgan fingerprint density at radius 3 is 3.00 bits per heavy atom. The largest absolute Gasteiger partial charge is 0.386 e. The molecular formula is C10H13N3O5. The number of ether oxygens (including phenoxy) is 1. The van der Waals surface area contributed by atoms with E-state index < -0.39 is 16.4 Å². The Bertz CT molecular complexity index is 464. The summed E-state index contributed by atoms with van der Waals surface area (Å²) < 4.78 is 5.04. The van der Waals surface area contributed by atoms with Crippen LogP contribution in [0.15, 0.2) is 12.1 Å². The van der Waals surface area contributed by atoms with Crippen molar-refractivity contribution in [2.45, 2.75) is 12.0 Å². The lowest BCUT2D eigenvalue weighted by Gasteiger charge is -2.19. The number of carbonyl (C=O) groups excluding carboxylic acids is 1. The molecule has 1 aliphatic heterocycles. The van der Waals surface area contributed by atoms with Crippen LogP contribution in [0.3, 0.4) is 0 Å². The van der Waals surface area contributed by atoms with Crippen LogP contribution in [0, 0.1) is 10.1 Å². The number of aromatic amines is 1. The lowest BCUT2D eigenvalue weighted by Crippen LogP contribution is -2.43. The van der Waals surface area contributed by atoms with Crippen molar-refractivity contribution in [2.75, 3.05) is 19.8 Å². The molecule has 0 radical (unpaired) electrons. The van der Waals surface area contributed by atoms with Crippen LogP contribution in [0.5, 0.6) is 0 Å². The van der Waals surface area contributed by atoms with Crippen LogP contribution in [-0.4, -0.2) is 46.3 Å². The van der Waals surface area contributed by atoms with E-state index in [1.54, 1.807) is 0 Å². The monoisotopic (exact) mass is 255 g/mol. The first-order valence-corrected chi connectivity index (χ1v) is 5.42. The molecule has 1 aromatic heterocycles. The maximum atomic E-state index is 11.7. The molecule has 1 aromatic rings. The summed E-state index contributed by atoms with van der Waals surface area (Å²) in [6.45, 7) is 0.692. The van der Waals surface area contributed by atoms with Crippen molar-refractivity contribution >= 4 is 11.7 Å². The van der Waals surface area contributed by atoms with Crippen LogP contribution in [0.4, 0.5) is 5.82 Å². The van der Waals surface area contributed by atoms with Gasteiger partial charge < -0.3 is 25.3 Å². The molecule has 98 valence electrons. The van der Waals surface area contributed by atoms with E-state index in [0.717, 1.165) is 0 Å². The minimum absolute atomic E-state index is 0.0542. The maximum absolute atomic E-state index is 11.7. The molecule has 1 saturated heterocycles. The number of nitrogens with one attached hydrogen (secondary N) is 2. The third-order valence-corrected chi connectivity index (χ3v) is 2.77. The number of aromatic nitrogens is 1. The lowest BCUT2D eigenvalue weighted by atomic mass is 10.0. The molecule has 1 atom stereocenters. The highest BCUT2D eigenvalue weighted by molar-refractivity contribution is 5.92. The van der Waals surface area contributed by atoms with Gasteiger partial charge in [-0.1, -0.05) is 0 Å². The number of nitro groups is 1. The molecule has 8 nitrogen and oxygen atoms in total. The van der Waals surface area contributed by atoms with Crippen LogP contribution in [0.2, 0.25) is 0 Å². The fourth-order valence-electron chi connectivity index (χ4n) is 1.70. The maximum Gasteiger partial charge on any atom is 0.321 e. The summed E-state index contributed by atoms with van der Waals surface area (Å²) >= 11 is 0. The van der Waals surface area contributed by atoms with Gasteiger partial charge >= 0.3 is 5.82 Å². The minimum atomic E-state index is -1.05. The predicted octanol–water partition coefficient (Wildman–Crippen LogP) is -0.196. The molecule has 0 spiro atoms. The first-order chi connectivity index (χ1) is 8.50. The average molecular weight is 255 g/mol. The molecular weight excluding hydrogens is 242 g/mol. The van der Waals surface area contributed by atoms with Gasteiger partial charge in [-0.3, -0.25) is 4.79 Å². The summed E-state index contributed by atoms with van der Waals surface area (Å²) in [4.78, 5) is 23.9. The van der Waals surface area contributed by atoms with Gasteiger partial charge in [-0.25, -0.2) is 4.98 Å². The summed E-state index contributed by atoms with van der Waals surface area (Å²) in [6.07, 6.45) is 0.457. The Morgan fingerprint density at radius 1 is 1.67 bits per heavy atom. The van der Waals surface area contributed by atoms with Gasteiger partial charge in [-0.2, -0.15) is 0 Å². The summed E-state index contributed by atoms with van der Waals surface area (Å²) in [5, 5.41) is 22.9. The number of hydrogen-bond acceptors (Lipinski definition) is 5. The first-order valence-electron chi connectivity index (χ1n) is 5.42.